The average Bonchev–Trinajstić information content (AvgIpc) is 2.98. The fourth-order valence-corrected chi connectivity index (χ4v) is 1.90. The van der Waals surface area contributed by atoms with Gasteiger partial charge < -0.3 is 4.74 Å². The van der Waals surface area contributed by atoms with Crippen molar-refractivity contribution in [3.8, 4) is 5.88 Å². The minimum Gasteiger partial charge on any atom is -0.468 e. The van der Waals surface area contributed by atoms with Crippen molar-refractivity contribution in [2.45, 2.75) is 25.2 Å². The van der Waals surface area contributed by atoms with Gasteiger partial charge in [0.05, 0.1) is 5.71 Å². The maximum Gasteiger partial charge on any atom is 0.461 e. The quantitative estimate of drug-likeness (QED) is 0.514. The predicted molar refractivity (Wildman–Crippen MR) is 82.6 cm³/mol. The van der Waals surface area contributed by atoms with Crippen LogP contribution in [0.4, 0.5) is 35.1 Å². The molecule has 0 N–H and O–H groups in total. The summed E-state index contributed by atoms with van der Waals surface area (Å²) in [5.41, 5.74) is -0.171. The summed E-state index contributed by atoms with van der Waals surface area (Å²) < 4.78 is 106. The summed E-state index contributed by atoms with van der Waals surface area (Å²) >= 11 is 0. The summed E-state index contributed by atoms with van der Waals surface area (Å²) in [4.78, 5) is 3.59. The monoisotopic (exact) mass is 429 g/mol. The second-order valence-corrected chi connectivity index (χ2v) is 5.43. The molecule has 0 saturated heterocycles. The predicted octanol–water partition coefficient (Wildman–Crippen LogP) is 4.02. The Balaban J connectivity index is 2.39. The molecule has 0 aliphatic heterocycles. The lowest BCUT2D eigenvalue weighted by Gasteiger charge is -2.18. The summed E-state index contributed by atoms with van der Waals surface area (Å²) in [6.07, 6.45) is -8.52. The molecule has 0 aliphatic rings. The van der Waals surface area contributed by atoms with Gasteiger partial charge in [-0.25, -0.2) is 4.98 Å². The Hall–Kier alpha value is -3.06. The van der Waals surface area contributed by atoms with Crippen LogP contribution in [0.1, 0.15) is 17.2 Å². The van der Waals surface area contributed by atoms with Gasteiger partial charge in [0.1, 0.15) is 0 Å². The third-order valence-corrected chi connectivity index (χ3v) is 3.25. The number of hydrogen-bond acceptors (Lipinski definition) is 5. The maximum atomic E-state index is 13.7. The summed E-state index contributed by atoms with van der Waals surface area (Å²) in [6, 6.07) is 2.20. The molecule has 2 heterocycles. The van der Waals surface area contributed by atoms with Gasteiger partial charge in [-0.05, 0) is 19.1 Å². The molecule has 158 valence electrons. The number of alkyl halides is 8. The topological polar surface area (TPSA) is 65.2 Å². The van der Waals surface area contributed by atoms with E-state index in [1.165, 1.54) is 6.07 Å². The van der Waals surface area contributed by atoms with E-state index in [1.807, 2.05) is 0 Å². The van der Waals surface area contributed by atoms with Crippen LogP contribution in [0.2, 0.25) is 0 Å². The second kappa shape index (κ2) is 7.75. The molecule has 0 amide bonds. The van der Waals surface area contributed by atoms with E-state index in [-0.39, 0.29) is 27.7 Å². The molecule has 0 aromatic carbocycles. The number of allylic oxidation sites excluding steroid dienone is 1. The van der Waals surface area contributed by atoms with Gasteiger partial charge in [-0.15, -0.1) is 10.2 Å². The Morgan fingerprint density at radius 1 is 1.14 bits per heavy atom. The van der Waals surface area contributed by atoms with Gasteiger partial charge in [0.15, 0.2) is 12.4 Å². The van der Waals surface area contributed by atoms with E-state index in [4.69, 9.17) is 0 Å². The Bertz CT molecular complexity index is 899. The van der Waals surface area contributed by atoms with Crippen LogP contribution in [0.5, 0.6) is 5.88 Å². The number of halogens is 8. The number of hydrogen-bond donors (Lipinski definition) is 0. The van der Waals surface area contributed by atoms with E-state index in [2.05, 4.69) is 31.6 Å². The highest BCUT2D eigenvalue weighted by Gasteiger charge is 2.62. The standard InChI is InChI=1S/C15H11F8N5O/c1-3-10(9-4-5-11(24-6-9)29-7-13(16,17)18)27-28-8(2)25-26-12(28)14(19,20)15(21,22)23/h3-6H,1,7H2,2H3/b27-10+. The van der Waals surface area contributed by atoms with E-state index in [0.29, 0.717) is 0 Å². The second-order valence-electron chi connectivity index (χ2n) is 5.43. The molecule has 2 rings (SSSR count). The van der Waals surface area contributed by atoms with Crippen LogP contribution in [0.15, 0.2) is 36.1 Å². The molecule has 14 heteroatoms. The van der Waals surface area contributed by atoms with Gasteiger partial charge >= 0.3 is 18.3 Å². The minimum atomic E-state index is -5.94. The third kappa shape index (κ3) is 5.06. The van der Waals surface area contributed by atoms with Crippen LogP contribution in [-0.2, 0) is 5.92 Å². The van der Waals surface area contributed by atoms with Gasteiger partial charge in [0, 0.05) is 17.8 Å². The molecular weight excluding hydrogens is 418 g/mol. The van der Waals surface area contributed by atoms with Crippen LogP contribution < -0.4 is 4.74 Å². The van der Waals surface area contributed by atoms with Gasteiger partial charge in [0.2, 0.25) is 11.7 Å². The van der Waals surface area contributed by atoms with Crippen molar-refractivity contribution in [1.29, 1.82) is 0 Å². The number of pyridine rings is 1. The van der Waals surface area contributed by atoms with Gasteiger partial charge in [-0.1, -0.05) is 6.58 Å². The molecule has 0 radical (unpaired) electrons. The first-order valence-electron chi connectivity index (χ1n) is 7.50. The summed E-state index contributed by atoms with van der Waals surface area (Å²) in [5.74, 6) is -7.86. The molecule has 0 spiro atoms. The Morgan fingerprint density at radius 3 is 2.28 bits per heavy atom. The lowest BCUT2D eigenvalue weighted by atomic mass is 10.2. The van der Waals surface area contributed by atoms with Crippen molar-refractivity contribution in [2.75, 3.05) is 6.61 Å². The zero-order chi connectivity index (χ0) is 22.0. The van der Waals surface area contributed by atoms with Crippen LogP contribution in [0.3, 0.4) is 0 Å². The highest BCUT2D eigenvalue weighted by Crippen LogP contribution is 2.43. The van der Waals surface area contributed by atoms with Crippen LogP contribution in [0.25, 0.3) is 0 Å². The summed E-state index contributed by atoms with van der Waals surface area (Å²) in [5, 5.41) is 9.69. The van der Waals surface area contributed by atoms with E-state index < -0.39 is 30.7 Å². The van der Waals surface area contributed by atoms with Gasteiger partial charge in [-0.2, -0.15) is 44.9 Å². The Labute approximate surface area is 157 Å². The molecule has 0 aliphatic carbocycles. The first-order valence-corrected chi connectivity index (χ1v) is 7.50. The number of rotatable bonds is 6. The van der Waals surface area contributed by atoms with Crippen molar-refractivity contribution >= 4 is 5.71 Å². The van der Waals surface area contributed by atoms with E-state index >= 15 is 0 Å². The highest BCUT2D eigenvalue weighted by atomic mass is 19.4. The first kappa shape index (κ1) is 22.2. The minimum absolute atomic E-state index is 0.0498. The smallest absolute Gasteiger partial charge is 0.461 e. The first-order chi connectivity index (χ1) is 13.3. The number of nitrogens with zero attached hydrogens (tertiary/aromatic N) is 5. The van der Waals surface area contributed by atoms with E-state index in [9.17, 15) is 35.1 Å². The molecule has 0 unspecified atom stereocenters. The van der Waals surface area contributed by atoms with E-state index in [0.717, 1.165) is 25.3 Å². The van der Waals surface area contributed by atoms with Gasteiger partial charge in [-0.3, -0.25) is 0 Å². The lowest BCUT2D eigenvalue weighted by Crippen LogP contribution is -2.36. The normalized spacial score (nSPS) is 13.5. The fraction of sp³-hybridized carbons (Fsp3) is 0.333. The summed E-state index contributed by atoms with van der Waals surface area (Å²) in [6.45, 7) is 2.89. The van der Waals surface area contributed by atoms with Gasteiger partial charge in [0.25, 0.3) is 0 Å². The maximum absolute atomic E-state index is 13.7. The molecule has 6 nitrogen and oxygen atoms in total. The molecule has 0 fully saturated rings. The van der Waals surface area contributed by atoms with Crippen LogP contribution >= 0.6 is 0 Å². The molecular formula is C15H11F8N5O. The van der Waals surface area contributed by atoms with Crippen molar-refractivity contribution in [1.82, 2.24) is 19.9 Å². The van der Waals surface area contributed by atoms with Crippen molar-refractivity contribution in [3.63, 3.8) is 0 Å². The van der Waals surface area contributed by atoms with E-state index in [1.54, 1.807) is 0 Å². The molecule has 0 saturated carbocycles. The Kier molecular flexibility index (Phi) is 5.94. The largest absolute Gasteiger partial charge is 0.468 e. The van der Waals surface area contributed by atoms with Crippen LogP contribution in [-0.4, -0.2) is 44.5 Å². The molecule has 2 aromatic rings. The van der Waals surface area contributed by atoms with Crippen LogP contribution in [0, 0.1) is 6.92 Å². The lowest BCUT2D eigenvalue weighted by molar-refractivity contribution is -0.293. The average molecular weight is 429 g/mol. The molecule has 2 aromatic heterocycles. The van der Waals surface area contributed by atoms with Crippen molar-refractivity contribution in [2.24, 2.45) is 5.10 Å². The fourth-order valence-electron chi connectivity index (χ4n) is 1.90. The highest BCUT2D eigenvalue weighted by molar-refractivity contribution is 6.08. The zero-order valence-corrected chi connectivity index (χ0v) is 14.4. The third-order valence-electron chi connectivity index (χ3n) is 3.25. The number of aryl methyl sites for hydroxylation is 1. The number of ether oxygens (including phenoxy) is 1. The Morgan fingerprint density at radius 2 is 1.79 bits per heavy atom. The molecule has 0 atom stereocenters. The summed E-state index contributed by atoms with van der Waals surface area (Å²) in [7, 11) is 0. The molecule has 29 heavy (non-hydrogen) atoms. The molecule has 0 bridgehead atoms. The zero-order valence-electron chi connectivity index (χ0n) is 14.4. The van der Waals surface area contributed by atoms with Crippen molar-refractivity contribution < 1.29 is 39.9 Å². The SMILES string of the molecule is C=C/C(=N\n1c(C)nnc1C(F)(F)C(F)(F)F)c1ccc(OCC(F)(F)F)nc1. The number of aromatic nitrogens is 4. The van der Waals surface area contributed by atoms with Crippen molar-refractivity contribution in [3.05, 3.63) is 48.2 Å².